The average molecular weight is 399 g/mol. The number of fused-ring (bicyclic) bond motifs is 1. The number of nitrogens with zero attached hydrogens (tertiary/aromatic N) is 2. The van der Waals surface area contributed by atoms with Crippen LogP contribution in [0.1, 0.15) is 18.1 Å². The van der Waals surface area contributed by atoms with Gasteiger partial charge in [-0.1, -0.05) is 43.3 Å². The lowest BCUT2D eigenvalue weighted by molar-refractivity contribution is -0.136. The first-order chi connectivity index (χ1) is 13.5. The van der Waals surface area contributed by atoms with Gasteiger partial charge in [0.15, 0.2) is 0 Å². The predicted molar refractivity (Wildman–Crippen MR) is 107 cm³/mol. The molecule has 142 valence electrons. The molecule has 4 rings (SSSR count). The number of alkyl halides is 3. The molecule has 4 aromatic rings. The van der Waals surface area contributed by atoms with Gasteiger partial charge in [-0.3, -0.25) is 0 Å². The van der Waals surface area contributed by atoms with Crippen molar-refractivity contribution in [3.63, 3.8) is 0 Å². The first kappa shape index (κ1) is 18.4. The molecule has 0 fully saturated rings. The smallest absolute Gasteiger partial charge is 0.339 e. The molecule has 0 aliphatic heterocycles. The van der Waals surface area contributed by atoms with E-state index in [1.54, 1.807) is 6.07 Å². The van der Waals surface area contributed by atoms with Crippen LogP contribution in [0, 0.1) is 0 Å². The Kier molecular flexibility index (Phi) is 4.77. The van der Waals surface area contributed by atoms with E-state index in [1.807, 2.05) is 17.5 Å². The van der Waals surface area contributed by atoms with Crippen molar-refractivity contribution in [3.8, 4) is 11.1 Å². The van der Waals surface area contributed by atoms with Gasteiger partial charge in [0.1, 0.15) is 17.0 Å². The van der Waals surface area contributed by atoms with Gasteiger partial charge in [0.25, 0.3) is 0 Å². The Hall–Kier alpha value is -2.93. The van der Waals surface area contributed by atoms with Crippen LogP contribution >= 0.6 is 11.3 Å². The van der Waals surface area contributed by atoms with Crippen LogP contribution in [0.3, 0.4) is 0 Å². The third-order valence-corrected chi connectivity index (χ3v) is 5.42. The highest BCUT2D eigenvalue weighted by Crippen LogP contribution is 2.40. The number of para-hydroxylation sites is 1. The normalized spacial score (nSPS) is 11.7. The summed E-state index contributed by atoms with van der Waals surface area (Å²) >= 11 is 1.44. The van der Waals surface area contributed by atoms with Crippen LogP contribution in [-0.2, 0) is 12.6 Å². The van der Waals surface area contributed by atoms with E-state index in [0.717, 1.165) is 28.4 Å². The monoisotopic (exact) mass is 399 g/mol. The van der Waals surface area contributed by atoms with Gasteiger partial charge in [-0.25, -0.2) is 9.97 Å². The number of aryl methyl sites for hydroxylation is 1. The van der Waals surface area contributed by atoms with Crippen LogP contribution < -0.4 is 5.32 Å². The lowest BCUT2D eigenvalue weighted by Crippen LogP contribution is -2.09. The number of rotatable bonds is 4. The fourth-order valence-electron chi connectivity index (χ4n) is 3.07. The van der Waals surface area contributed by atoms with Gasteiger partial charge in [0.05, 0.1) is 16.6 Å². The van der Waals surface area contributed by atoms with Crippen molar-refractivity contribution in [2.45, 2.75) is 19.5 Å². The van der Waals surface area contributed by atoms with Crippen molar-refractivity contribution < 1.29 is 13.2 Å². The lowest BCUT2D eigenvalue weighted by Gasteiger charge is -2.14. The molecule has 0 saturated heterocycles. The Morgan fingerprint density at radius 1 is 1.00 bits per heavy atom. The number of thiophene rings is 1. The van der Waals surface area contributed by atoms with Gasteiger partial charge in [-0.2, -0.15) is 13.2 Å². The van der Waals surface area contributed by atoms with Crippen LogP contribution in [0.25, 0.3) is 21.3 Å². The van der Waals surface area contributed by atoms with Gasteiger partial charge in [0, 0.05) is 10.9 Å². The molecule has 0 bridgehead atoms. The second-order valence-corrected chi connectivity index (χ2v) is 7.13. The standard InChI is InChI=1S/C21H16F3N3S/c1-2-13-7-9-14(10-8-13)15-11-28-20-18(15)19(25-12-26-20)27-17-6-4-3-5-16(17)21(22,23)24/h3-12H,2H2,1H3,(H,25,26,27). The molecule has 2 aromatic carbocycles. The Balaban J connectivity index is 1.82. The predicted octanol–water partition coefficient (Wildman–Crippen LogP) is 6.68. The Morgan fingerprint density at radius 3 is 2.46 bits per heavy atom. The van der Waals surface area contributed by atoms with Crippen molar-refractivity contribution in [1.82, 2.24) is 9.97 Å². The van der Waals surface area contributed by atoms with Crippen LogP contribution in [0.2, 0.25) is 0 Å². The Morgan fingerprint density at radius 2 is 1.75 bits per heavy atom. The summed E-state index contributed by atoms with van der Waals surface area (Å²) in [4.78, 5) is 9.23. The highest BCUT2D eigenvalue weighted by molar-refractivity contribution is 7.17. The molecule has 0 saturated carbocycles. The molecule has 0 aliphatic carbocycles. The summed E-state index contributed by atoms with van der Waals surface area (Å²) < 4.78 is 40.0. The molecular formula is C21H16F3N3S. The minimum Gasteiger partial charge on any atom is -0.339 e. The fraction of sp³-hybridized carbons (Fsp3) is 0.143. The second kappa shape index (κ2) is 7.24. The summed E-state index contributed by atoms with van der Waals surface area (Å²) in [7, 11) is 0. The maximum absolute atomic E-state index is 13.3. The minimum absolute atomic E-state index is 0.0338. The third kappa shape index (κ3) is 3.45. The van der Waals surface area contributed by atoms with Crippen molar-refractivity contribution >= 4 is 33.1 Å². The minimum atomic E-state index is -4.46. The number of anilines is 2. The first-order valence-electron chi connectivity index (χ1n) is 8.72. The van der Waals surface area contributed by atoms with Crippen LogP contribution in [0.4, 0.5) is 24.7 Å². The molecule has 3 nitrogen and oxygen atoms in total. The summed E-state index contributed by atoms with van der Waals surface area (Å²) in [5, 5.41) is 5.55. The van der Waals surface area contributed by atoms with Crippen LogP contribution in [0.5, 0.6) is 0 Å². The molecule has 28 heavy (non-hydrogen) atoms. The molecule has 7 heteroatoms. The zero-order valence-electron chi connectivity index (χ0n) is 14.9. The van der Waals surface area contributed by atoms with E-state index in [1.165, 1.54) is 35.4 Å². The first-order valence-corrected chi connectivity index (χ1v) is 9.60. The van der Waals surface area contributed by atoms with Crippen molar-refractivity contribution in [3.05, 3.63) is 71.4 Å². The summed E-state index contributed by atoms with van der Waals surface area (Å²) in [6, 6.07) is 13.5. The van der Waals surface area contributed by atoms with Crippen molar-refractivity contribution in [2.24, 2.45) is 0 Å². The number of nitrogens with one attached hydrogen (secondary N) is 1. The number of hydrogen-bond donors (Lipinski definition) is 1. The zero-order chi connectivity index (χ0) is 19.7. The van der Waals surface area contributed by atoms with E-state index >= 15 is 0 Å². The van der Waals surface area contributed by atoms with Gasteiger partial charge >= 0.3 is 6.18 Å². The molecular weight excluding hydrogens is 383 g/mol. The zero-order valence-corrected chi connectivity index (χ0v) is 15.7. The van der Waals surface area contributed by atoms with Gasteiger partial charge in [-0.15, -0.1) is 11.3 Å². The van der Waals surface area contributed by atoms with Crippen LogP contribution in [0.15, 0.2) is 60.2 Å². The second-order valence-electron chi connectivity index (χ2n) is 6.27. The van der Waals surface area contributed by atoms with E-state index in [4.69, 9.17) is 0 Å². The summed E-state index contributed by atoms with van der Waals surface area (Å²) in [5.41, 5.74) is 2.33. The van der Waals surface area contributed by atoms with Crippen LogP contribution in [-0.4, -0.2) is 9.97 Å². The van der Waals surface area contributed by atoms with E-state index in [2.05, 4.69) is 34.3 Å². The molecule has 0 unspecified atom stereocenters. The van der Waals surface area contributed by atoms with E-state index in [-0.39, 0.29) is 5.69 Å². The highest BCUT2D eigenvalue weighted by atomic mass is 32.1. The lowest BCUT2D eigenvalue weighted by atomic mass is 10.0. The maximum Gasteiger partial charge on any atom is 0.418 e. The number of benzene rings is 2. The molecule has 0 amide bonds. The molecule has 1 N–H and O–H groups in total. The topological polar surface area (TPSA) is 37.8 Å². The average Bonchev–Trinajstić information content (AvgIpc) is 3.13. The molecule has 0 atom stereocenters. The fourth-order valence-corrected chi connectivity index (χ4v) is 3.99. The number of hydrogen-bond acceptors (Lipinski definition) is 4. The molecule has 2 aromatic heterocycles. The number of halogens is 3. The third-order valence-electron chi connectivity index (χ3n) is 4.53. The van der Waals surface area contributed by atoms with Gasteiger partial charge in [0.2, 0.25) is 0 Å². The summed E-state index contributed by atoms with van der Waals surface area (Å²) in [6.45, 7) is 2.09. The summed E-state index contributed by atoms with van der Waals surface area (Å²) in [6.07, 6.45) is -2.15. The highest BCUT2D eigenvalue weighted by Gasteiger charge is 2.33. The van der Waals surface area contributed by atoms with Gasteiger partial charge < -0.3 is 5.32 Å². The SMILES string of the molecule is CCc1ccc(-c2csc3ncnc(Nc4ccccc4C(F)(F)F)c23)cc1. The quantitative estimate of drug-likeness (QED) is 0.416. The Bertz CT molecular complexity index is 1120. The van der Waals surface area contributed by atoms with E-state index in [9.17, 15) is 13.2 Å². The number of aromatic nitrogens is 2. The molecule has 0 radical (unpaired) electrons. The van der Waals surface area contributed by atoms with Crippen molar-refractivity contribution in [1.29, 1.82) is 0 Å². The van der Waals surface area contributed by atoms with E-state index in [0.29, 0.717) is 11.2 Å². The Labute approximate surface area is 163 Å². The molecule has 0 aliphatic rings. The maximum atomic E-state index is 13.3. The molecule has 0 spiro atoms. The van der Waals surface area contributed by atoms with E-state index < -0.39 is 11.7 Å². The van der Waals surface area contributed by atoms with Gasteiger partial charge in [-0.05, 0) is 29.7 Å². The van der Waals surface area contributed by atoms with Crippen molar-refractivity contribution in [2.75, 3.05) is 5.32 Å². The largest absolute Gasteiger partial charge is 0.418 e. The molecule has 2 heterocycles. The summed E-state index contributed by atoms with van der Waals surface area (Å²) in [5.74, 6) is 0.359.